The smallest absolute Gasteiger partial charge is 0.380 e. The van der Waals surface area contributed by atoms with Crippen LogP contribution in [0, 0.1) is 0 Å². The second kappa shape index (κ2) is 13.0. The van der Waals surface area contributed by atoms with E-state index in [9.17, 15) is 0 Å². The molecule has 0 heterocycles. The number of benzene rings is 6. The number of hydrogen-bond acceptors (Lipinski definition) is 0. The molecule has 0 bridgehead atoms. The molecule has 0 aliphatic heterocycles. The normalized spacial score (nSPS) is 10.2. The summed E-state index contributed by atoms with van der Waals surface area (Å²) in [6.45, 7) is 0. The molecule has 0 aliphatic carbocycles. The molecule has 0 aromatic heterocycles. The summed E-state index contributed by atoms with van der Waals surface area (Å²) in [4.78, 5) is 4.67. The first-order valence-electron chi connectivity index (χ1n) is 13.5. The van der Waals surface area contributed by atoms with Gasteiger partial charge in [-0.05, 0) is 72.8 Å². The topological polar surface area (TPSA) is 9.49 Å². The SMILES string of the molecule is [F-].c1ccc(N(C(N(c2ccccc2)c2ccccc2)=[N+](c2ccccc2)c2ccccc2)c2ccccc2)cc1. The fourth-order valence-corrected chi connectivity index (χ4v) is 4.90. The van der Waals surface area contributed by atoms with Crippen LogP contribution in [0.15, 0.2) is 182 Å². The third-order valence-electron chi connectivity index (χ3n) is 6.69. The van der Waals surface area contributed by atoms with E-state index in [-0.39, 0.29) is 4.70 Å². The summed E-state index contributed by atoms with van der Waals surface area (Å²) in [5, 5.41) is 0. The molecule has 200 valence electrons. The first-order valence-corrected chi connectivity index (χ1v) is 13.5. The molecule has 4 heteroatoms. The Bertz CT molecular complexity index is 1450. The highest BCUT2D eigenvalue weighted by atomic mass is 19.0. The molecular weight excluding hydrogens is 505 g/mol. The molecule has 6 rings (SSSR count). The number of guanidine groups is 1. The van der Waals surface area contributed by atoms with Gasteiger partial charge in [0.1, 0.15) is 34.1 Å². The number of hydrogen-bond donors (Lipinski definition) is 0. The summed E-state index contributed by atoms with van der Waals surface area (Å²) < 4.78 is 2.33. The van der Waals surface area contributed by atoms with Crippen LogP contribution >= 0.6 is 0 Å². The number of nitrogens with zero attached hydrogens (tertiary/aromatic N) is 3. The molecule has 0 atom stereocenters. The largest absolute Gasteiger partial charge is 1.00 e. The molecule has 0 saturated carbocycles. The van der Waals surface area contributed by atoms with E-state index in [0.717, 1.165) is 40.1 Å². The summed E-state index contributed by atoms with van der Waals surface area (Å²) in [7, 11) is 0. The van der Waals surface area contributed by atoms with E-state index < -0.39 is 0 Å². The van der Waals surface area contributed by atoms with Crippen molar-refractivity contribution in [3.05, 3.63) is 182 Å². The maximum absolute atomic E-state index is 2.33. The lowest BCUT2D eigenvalue weighted by molar-refractivity contribution is -0.00000773. The maximum atomic E-state index is 2.33. The minimum atomic E-state index is 0. The Labute approximate surface area is 240 Å². The molecule has 0 radical (unpaired) electrons. The van der Waals surface area contributed by atoms with Crippen LogP contribution in [-0.2, 0) is 0 Å². The van der Waals surface area contributed by atoms with Crippen LogP contribution in [0.2, 0.25) is 0 Å². The van der Waals surface area contributed by atoms with E-state index in [2.05, 4.69) is 196 Å². The molecule has 6 aromatic rings. The average Bonchev–Trinajstić information content (AvgIpc) is 3.04. The molecule has 41 heavy (non-hydrogen) atoms. The predicted octanol–water partition coefficient (Wildman–Crippen LogP) is 6.56. The van der Waals surface area contributed by atoms with Crippen LogP contribution in [0.25, 0.3) is 0 Å². The van der Waals surface area contributed by atoms with E-state index >= 15 is 0 Å². The molecular formula is C37H30FN3. The van der Waals surface area contributed by atoms with Crippen molar-refractivity contribution in [3.8, 4) is 0 Å². The Balaban J connectivity index is 0.00000337. The summed E-state index contributed by atoms with van der Waals surface area (Å²) in [6.07, 6.45) is 0. The quantitative estimate of drug-likeness (QED) is 0.136. The molecule has 0 spiro atoms. The summed E-state index contributed by atoms with van der Waals surface area (Å²) in [5.74, 6) is 0.951. The van der Waals surface area contributed by atoms with Gasteiger partial charge in [0.25, 0.3) is 0 Å². The van der Waals surface area contributed by atoms with E-state index in [1.165, 1.54) is 0 Å². The van der Waals surface area contributed by atoms with Gasteiger partial charge in [-0.2, -0.15) is 14.4 Å². The minimum absolute atomic E-state index is 0. The van der Waals surface area contributed by atoms with Crippen LogP contribution in [0.3, 0.4) is 0 Å². The molecule has 0 N–H and O–H groups in total. The predicted molar refractivity (Wildman–Crippen MR) is 169 cm³/mol. The summed E-state index contributed by atoms with van der Waals surface area (Å²) in [6, 6.07) is 63.4. The van der Waals surface area contributed by atoms with Gasteiger partial charge in [0.05, 0.1) is 0 Å². The first-order chi connectivity index (χ1) is 19.9. The Morgan fingerprint density at radius 1 is 0.317 bits per heavy atom. The Morgan fingerprint density at radius 3 is 0.780 bits per heavy atom. The highest BCUT2D eigenvalue weighted by molar-refractivity contribution is 6.17. The van der Waals surface area contributed by atoms with Crippen LogP contribution in [0.1, 0.15) is 0 Å². The molecule has 3 nitrogen and oxygen atoms in total. The fourth-order valence-electron chi connectivity index (χ4n) is 4.90. The number of halogens is 1. The zero-order valence-corrected chi connectivity index (χ0v) is 22.5. The van der Waals surface area contributed by atoms with Gasteiger partial charge in [-0.15, -0.1) is 0 Å². The minimum Gasteiger partial charge on any atom is -1.00 e. The first kappa shape index (κ1) is 27.1. The van der Waals surface area contributed by atoms with Gasteiger partial charge >= 0.3 is 5.96 Å². The van der Waals surface area contributed by atoms with Crippen LogP contribution in [-0.4, -0.2) is 5.96 Å². The van der Waals surface area contributed by atoms with Crippen molar-refractivity contribution < 1.29 is 4.70 Å². The molecule has 0 saturated heterocycles. The van der Waals surface area contributed by atoms with Gasteiger partial charge in [0.15, 0.2) is 0 Å². The van der Waals surface area contributed by atoms with Crippen molar-refractivity contribution in [2.45, 2.75) is 0 Å². The van der Waals surface area contributed by atoms with Gasteiger partial charge in [0.2, 0.25) is 0 Å². The lowest BCUT2D eigenvalue weighted by Crippen LogP contribution is -3.00. The summed E-state index contributed by atoms with van der Waals surface area (Å²) >= 11 is 0. The summed E-state index contributed by atoms with van der Waals surface area (Å²) in [5.41, 5.74) is 6.32. The van der Waals surface area contributed by atoms with Crippen LogP contribution < -0.4 is 19.1 Å². The van der Waals surface area contributed by atoms with Crippen LogP contribution in [0.4, 0.5) is 34.1 Å². The van der Waals surface area contributed by atoms with E-state index in [1.807, 2.05) is 0 Å². The standard InChI is InChI=1S/C37H30N3.FH/c1-7-19-31(20-8-1)38(32-21-9-2-10-22-32)37(39(33-23-11-3-12-24-33)34-25-13-4-14-26-34)40(35-27-15-5-16-28-35)36-29-17-6-18-30-36;/h1-30H;1H/q+1;/p-1. The van der Waals surface area contributed by atoms with Crippen LogP contribution in [0.5, 0.6) is 0 Å². The molecule has 0 aliphatic rings. The van der Waals surface area contributed by atoms with Gasteiger partial charge in [-0.3, -0.25) is 0 Å². The Kier molecular flexibility index (Phi) is 8.63. The van der Waals surface area contributed by atoms with E-state index in [0.29, 0.717) is 0 Å². The third-order valence-corrected chi connectivity index (χ3v) is 6.69. The highest BCUT2D eigenvalue weighted by Gasteiger charge is 2.36. The number of rotatable bonds is 6. The van der Waals surface area contributed by atoms with Crippen molar-refractivity contribution in [1.82, 2.24) is 4.58 Å². The van der Waals surface area contributed by atoms with Crippen molar-refractivity contribution >= 4 is 40.1 Å². The highest BCUT2D eigenvalue weighted by Crippen LogP contribution is 2.35. The molecule has 0 unspecified atom stereocenters. The van der Waals surface area contributed by atoms with Gasteiger partial charge < -0.3 is 4.70 Å². The maximum Gasteiger partial charge on any atom is 0.380 e. The average molecular weight is 536 g/mol. The number of anilines is 4. The lowest BCUT2D eigenvalue weighted by atomic mass is 10.2. The lowest BCUT2D eigenvalue weighted by Gasteiger charge is -2.30. The Morgan fingerprint density at radius 2 is 0.537 bits per heavy atom. The van der Waals surface area contributed by atoms with Gasteiger partial charge in [0, 0.05) is 0 Å². The molecule has 6 aromatic carbocycles. The second-order valence-electron chi connectivity index (χ2n) is 9.32. The molecule has 0 fully saturated rings. The van der Waals surface area contributed by atoms with Crippen molar-refractivity contribution in [3.63, 3.8) is 0 Å². The van der Waals surface area contributed by atoms with Crippen molar-refractivity contribution in [1.29, 1.82) is 0 Å². The van der Waals surface area contributed by atoms with E-state index in [4.69, 9.17) is 0 Å². The zero-order valence-electron chi connectivity index (χ0n) is 22.5. The van der Waals surface area contributed by atoms with Gasteiger partial charge in [-0.25, -0.2) is 0 Å². The Hall–Kier alpha value is -5.48. The van der Waals surface area contributed by atoms with E-state index in [1.54, 1.807) is 0 Å². The second-order valence-corrected chi connectivity index (χ2v) is 9.32. The third kappa shape index (κ3) is 5.92. The monoisotopic (exact) mass is 535 g/mol. The van der Waals surface area contributed by atoms with Gasteiger partial charge in [-0.1, -0.05) is 109 Å². The van der Waals surface area contributed by atoms with Crippen molar-refractivity contribution in [2.24, 2.45) is 0 Å². The number of para-hydroxylation sites is 6. The zero-order chi connectivity index (χ0) is 27.0. The van der Waals surface area contributed by atoms with Crippen molar-refractivity contribution in [2.75, 3.05) is 9.80 Å². The fraction of sp³-hybridized carbons (Fsp3) is 0. The molecule has 0 amide bonds.